The van der Waals surface area contributed by atoms with Crippen molar-refractivity contribution in [1.29, 1.82) is 0 Å². The first-order chi connectivity index (χ1) is 5.96. The Balaban J connectivity index is 3.32. The lowest BCUT2D eigenvalue weighted by Crippen LogP contribution is -2.13. The van der Waals surface area contributed by atoms with Gasteiger partial charge in [-0.3, -0.25) is 0 Å². The molecule has 0 spiro atoms. The first-order valence-electron chi connectivity index (χ1n) is 4.04. The highest BCUT2D eigenvalue weighted by Crippen LogP contribution is 2.33. The van der Waals surface area contributed by atoms with Crippen molar-refractivity contribution in [3.8, 4) is 0 Å². The molecule has 0 fully saturated rings. The molecular weight excluding hydrogens is 191 g/mol. The summed E-state index contributed by atoms with van der Waals surface area (Å²) in [5, 5.41) is 9.34. The molecule has 1 aromatic carbocycles. The molecule has 0 saturated carbocycles. The summed E-state index contributed by atoms with van der Waals surface area (Å²) in [5.74, 6) is 0. The van der Waals surface area contributed by atoms with Crippen LogP contribution in [0, 0.1) is 0 Å². The van der Waals surface area contributed by atoms with Gasteiger partial charge in [-0.15, -0.1) is 0 Å². The van der Waals surface area contributed by atoms with E-state index in [0.717, 1.165) is 0 Å². The van der Waals surface area contributed by atoms with E-state index in [1.165, 1.54) is 13.8 Å². The summed E-state index contributed by atoms with van der Waals surface area (Å²) in [5.41, 5.74) is -0.602. The molecule has 0 heterocycles. The monoisotopic (exact) mass is 202 g/mol. The van der Waals surface area contributed by atoms with Crippen LogP contribution < -0.4 is 0 Å². The van der Waals surface area contributed by atoms with Crippen LogP contribution in [0.1, 0.15) is 25.0 Å². The number of aliphatic hydroxyl groups excluding tert-OH is 1. The van der Waals surface area contributed by atoms with E-state index in [0.29, 0.717) is 16.1 Å². The van der Waals surface area contributed by atoms with Gasteiger partial charge in [0, 0.05) is 10.6 Å². The summed E-state index contributed by atoms with van der Waals surface area (Å²) < 4.78 is 13.6. The Bertz CT molecular complexity index is 304. The van der Waals surface area contributed by atoms with Crippen molar-refractivity contribution in [2.24, 2.45) is 0 Å². The fraction of sp³-hybridized carbons (Fsp3) is 0.400. The number of halogens is 2. The molecule has 0 aliphatic carbocycles. The number of hydrogen-bond acceptors (Lipinski definition) is 1. The Hall–Kier alpha value is -0.600. The zero-order valence-electron chi connectivity index (χ0n) is 7.64. The van der Waals surface area contributed by atoms with Gasteiger partial charge in [-0.1, -0.05) is 23.7 Å². The third-order valence-electron chi connectivity index (χ3n) is 1.86. The second-order valence-electron chi connectivity index (χ2n) is 3.40. The molecule has 1 aromatic rings. The number of rotatable bonds is 2. The Kier molecular flexibility index (Phi) is 2.94. The normalized spacial score (nSPS) is 11.8. The van der Waals surface area contributed by atoms with Crippen LogP contribution in [-0.4, -0.2) is 5.11 Å². The molecule has 13 heavy (non-hydrogen) atoms. The van der Waals surface area contributed by atoms with Crippen LogP contribution in [0.25, 0.3) is 0 Å². The molecule has 3 heteroatoms. The van der Waals surface area contributed by atoms with Gasteiger partial charge in [0.2, 0.25) is 0 Å². The molecule has 0 saturated heterocycles. The first-order valence-corrected chi connectivity index (χ1v) is 4.42. The lowest BCUT2D eigenvalue weighted by atomic mass is 9.95. The highest BCUT2D eigenvalue weighted by molar-refractivity contribution is 6.31. The van der Waals surface area contributed by atoms with Crippen LogP contribution in [0.2, 0.25) is 5.02 Å². The van der Waals surface area contributed by atoms with E-state index in [2.05, 4.69) is 0 Å². The standard InChI is InChI=1S/C10H12ClFO/c1-10(2,12)9-7(6-13)4-3-5-8(9)11/h3-5,13H,6H2,1-2H3. The van der Waals surface area contributed by atoms with Gasteiger partial charge in [0.15, 0.2) is 0 Å². The number of aliphatic hydroxyl groups is 1. The van der Waals surface area contributed by atoms with Gasteiger partial charge >= 0.3 is 0 Å². The summed E-state index contributed by atoms with van der Waals surface area (Å²) >= 11 is 5.84. The molecule has 0 amide bonds. The number of alkyl halides is 1. The summed E-state index contributed by atoms with van der Waals surface area (Å²) in [4.78, 5) is 0. The molecule has 0 aliphatic rings. The Morgan fingerprint density at radius 1 is 1.46 bits per heavy atom. The van der Waals surface area contributed by atoms with Crippen LogP contribution in [0.3, 0.4) is 0 Å². The Morgan fingerprint density at radius 3 is 2.46 bits per heavy atom. The topological polar surface area (TPSA) is 20.2 Å². The van der Waals surface area contributed by atoms with E-state index >= 15 is 0 Å². The highest BCUT2D eigenvalue weighted by atomic mass is 35.5. The van der Waals surface area contributed by atoms with Crippen molar-refractivity contribution in [3.63, 3.8) is 0 Å². The maximum absolute atomic E-state index is 13.6. The van der Waals surface area contributed by atoms with Crippen LogP contribution in [0.4, 0.5) is 4.39 Å². The van der Waals surface area contributed by atoms with Gasteiger partial charge < -0.3 is 5.11 Å². The Morgan fingerprint density at radius 2 is 2.08 bits per heavy atom. The van der Waals surface area contributed by atoms with Crippen molar-refractivity contribution in [1.82, 2.24) is 0 Å². The number of benzene rings is 1. The maximum Gasteiger partial charge on any atom is 0.132 e. The van der Waals surface area contributed by atoms with E-state index in [9.17, 15) is 4.39 Å². The minimum absolute atomic E-state index is 0.191. The zero-order valence-corrected chi connectivity index (χ0v) is 8.40. The molecule has 1 rings (SSSR count). The maximum atomic E-state index is 13.6. The summed E-state index contributed by atoms with van der Waals surface area (Å²) in [6, 6.07) is 4.99. The van der Waals surface area contributed by atoms with Gasteiger partial charge in [0.25, 0.3) is 0 Å². The molecule has 1 nitrogen and oxygen atoms in total. The van der Waals surface area contributed by atoms with Gasteiger partial charge in [0.1, 0.15) is 5.67 Å². The van der Waals surface area contributed by atoms with Crippen LogP contribution in [0.5, 0.6) is 0 Å². The minimum atomic E-state index is -1.52. The average molecular weight is 203 g/mol. The van der Waals surface area contributed by atoms with Crippen molar-refractivity contribution in [2.75, 3.05) is 0 Å². The summed E-state index contributed by atoms with van der Waals surface area (Å²) in [6.45, 7) is 2.66. The first kappa shape index (κ1) is 10.5. The summed E-state index contributed by atoms with van der Waals surface area (Å²) in [6.07, 6.45) is 0. The predicted octanol–water partition coefficient (Wildman–Crippen LogP) is 3.04. The van der Waals surface area contributed by atoms with Crippen LogP contribution in [0.15, 0.2) is 18.2 Å². The fourth-order valence-corrected chi connectivity index (χ4v) is 1.79. The second-order valence-corrected chi connectivity index (χ2v) is 3.81. The largest absolute Gasteiger partial charge is 0.392 e. The van der Waals surface area contributed by atoms with Crippen LogP contribution in [-0.2, 0) is 12.3 Å². The fourth-order valence-electron chi connectivity index (χ4n) is 1.37. The van der Waals surface area contributed by atoms with Crippen molar-refractivity contribution >= 4 is 11.6 Å². The predicted molar refractivity (Wildman–Crippen MR) is 51.5 cm³/mol. The van der Waals surface area contributed by atoms with Crippen LogP contribution >= 0.6 is 11.6 Å². The van der Waals surface area contributed by atoms with Gasteiger partial charge in [0.05, 0.1) is 6.61 Å². The van der Waals surface area contributed by atoms with Gasteiger partial charge in [-0.2, -0.15) is 0 Å². The lowest BCUT2D eigenvalue weighted by molar-refractivity contribution is 0.211. The average Bonchev–Trinajstić information content (AvgIpc) is 2.01. The molecule has 0 aromatic heterocycles. The molecule has 0 aliphatic heterocycles. The molecular formula is C10H12ClFO. The molecule has 0 bridgehead atoms. The smallest absolute Gasteiger partial charge is 0.132 e. The molecule has 0 unspecified atom stereocenters. The molecule has 0 atom stereocenters. The molecule has 0 radical (unpaired) electrons. The highest BCUT2D eigenvalue weighted by Gasteiger charge is 2.24. The van der Waals surface area contributed by atoms with Crippen molar-refractivity contribution in [2.45, 2.75) is 26.1 Å². The third-order valence-corrected chi connectivity index (χ3v) is 2.18. The minimum Gasteiger partial charge on any atom is -0.392 e. The van der Waals surface area contributed by atoms with Gasteiger partial charge in [-0.05, 0) is 25.5 Å². The second kappa shape index (κ2) is 3.64. The number of hydrogen-bond donors (Lipinski definition) is 1. The van der Waals surface area contributed by atoms with E-state index in [1.807, 2.05) is 0 Å². The van der Waals surface area contributed by atoms with E-state index in [-0.39, 0.29) is 6.61 Å². The lowest BCUT2D eigenvalue weighted by Gasteiger charge is -2.19. The molecule has 72 valence electrons. The quantitative estimate of drug-likeness (QED) is 0.782. The Labute approximate surface area is 82.2 Å². The zero-order chi connectivity index (χ0) is 10.1. The van der Waals surface area contributed by atoms with Crippen molar-refractivity contribution < 1.29 is 9.50 Å². The molecule has 1 N–H and O–H groups in total. The van der Waals surface area contributed by atoms with Gasteiger partial charge in [-0.25, -0.2) is 4.39 Å². The van der Waals surface area contributed by atoms with Crippen molar-refractivity contribution in [3.05, 3.63) is 34.3 Å². The summed E-state index contributed by atoms with van der Waals surface area (Å²) in [7, 11) is 0. The van der Waals surface area contributed by atoms with E-state index in [1.54, 1.807) is 18.2 Å². The third kappa shape index (κ3) is 2.20. The van der Waals surface area contributed by atoms with E-state index < -0.39 is 5.67 Å². The van der Waals surface area contributed by atoms with E-state index in [4.69, 9.17) is 16.7 Å². The SMILES string of the molecule is CC(C)(F)c1c(Cl)cccc1CO.